The molecule has 18 heavy (non-hydrogen) atoms. The SMILES string of the molecule is NC(=O)c1ccc2c3ccc(cc3)c2c1C(N)=O. The van der Waals surface area contributed by atoms with Crippen LogP contribution in [0.1, 0.15) is 20.7 Å². The van der Waals surface area contributed by atoms with E-state index in [0.717, 1.165) is 16.2 Å². The van der Waals surface area contributed by atoms with Gasteiger partial charge in [0.05, 0.1) is 11.1 Å². The molecule has 2 bridgehead atoms. The largest absolute Gasteiger partial charge is 0.366 e. The summed E-state index contributed by atoms with van der Waals surface area (Å²) in [6, 6.07) is 11.1. The number of rotatable bonds is 2. The van der Waals surface area contributed by atoms with E-state index < -0.39 is 11.8 Å². The molecule has 4 aromatic rings. The van der Waals surface area contributed by atoms with Gasteiger partial charge in [0.25, 0.3) is 0 Å². The topological polar surface area (TPSA) is 86.2 Å². The van der Waals surface area contributed by atoms with Gasteiger partial charge in [-0.2, -0.15) is 0 Å². The zero-order chi connectivity index (χ0) is 12.9. The number of hydrogen-bond acceptors (Lipinski definition) is 2. The normalized spacial score (nSPS) is 11.1. The highest BCUT2D eigenvalue weighted by Crippen LogP contribution is 2.32. The predicted molar refractivity (Wildman–Crippen MR) is 69.7 cm³/mol. The molecule has 0 atom stereocenters. The molecule has 4 heteroatoms. The van der Waals surface area contributed by atoms with Crippen LogP contribution in [-0.2, 0) is 0 Å². The van der Waals surface area contributed by atoms with E-state index in [-0.39, 0.29) is 11.1 Å². The average molecular weight is 238 g/mol. The standard InChI is InChI=1S/C14H10N2O2/c15-13(17)10-6-5-9-7-1-3-8(4-2-7)11(9)12(10)14(16)18/h1-6H,(H2,15,17)(H2,16,18). The van der Waals surface area contributed by atoms with Gasteiger partial charge >= 0.3 is 0 Å². The van der Waals surface area contributed by atoms with Gasteiger partial charge in [-0.25, -0.2) is 0 Å². The van der Waals surface area contributed by atoms with Crippen molar-refractivity contribution in [3.63, 3.8) is 0 Å². The molecule has 2 amide bonds. The molecular weight excluding hydrogens is 228 g/mol. The highest BCUT2D eigenvalue weighted by atomic mass is 16.2. The summed E-state index contributed by atoms with van der Waals surface area (Å²) in [4.78, 5) is 23.0. The maximum Gasteiger partial charge on any atom is 0.250 e. The minimum absolute atomic E-state index is 0.170. The van der Waals surface area contributed by atoms with Crippen molar-refractivity contribution in [1.29, 1.82) is 0 Å². The molecule has 0 heterocycles. The van der Waals surface area contributed by atoms with Gasteiger partial charge in [0.2, 0.25) is 11.8 Å². The second kappa shape index (κ2) is 3.43. The first kappa shape index (κ1) is 10.5. The Kier molecular flexibility index (Phi) is 2.01. The fraction of sp³-hybridized carbons (Fsp3) is 0. The zero-order valence-electron chi connectivity index (χ0n) is 9.44. The number of amides is 2. The Hall–Kier alpha value is -2.62. The second-order valence-corrected chi connectivity index (χ2v) is 4.22. The molecule has 4 rings (SSSR count). The molecule has 4 N–H and O–H groups in total. The summed E-state index contributed by atoms with van der Waals surface area (Å²) in [6.45, 7) is 0. The van der Waals surface area contributed by atoms with Crippen molar-refractivity contribution < 1.29 is 9.59 Å². The van der Waals surface area contributed by atoms with Crippen LogP contribution in [0.15, 0.2) is 36.4 Å². The number of fused-ring (bicyclic) bond motifs is 2. The third-order valence-corrected chi connectivity index (χ3v) is 3.20. The third kappa shape index (κ3) is 1.26. The number of carbonyl (C=O) groups is 2. The lowest BCUT2D eigenvalue weighted by Gasteiger charge is -2.12. The van der Waals surface area contributed by atoms with E-state index in [1.807, 2.05) is 24.3 Å². The first-order valence-corrected chi connectivity index (χ1v) is 5.47. The maximum atomic E-state index is 11.6. The van der Waals surface area contributed by atoms with Crippen molar-refractivity contribution in [2.24, 2.45) is 11.5 Å². The molecule has 0 aliphatic rings. The molecule has 0 aliphatic carbocycles. The number of nitrogens with two attached hydrogens (primary N) is 2. The van der Waals surface area contributed by atoms with Crippen LogP contribution >= 0.6 is 0 Å². The van der Waals surface area contributed by atoms with Gasteiger partial charge < -0.3 is 11.5 Å². The van der Waals surface area contributed by atoms with E-state index in [1.165, 1.54) is 0 Å². The predicted octanol–water partition coefficient (Wildman–Crippen LogP) is 1.63. The Bertz CT molecular complexity index is 772. The zero-order valence-corrected chi connectivity index (χ0v) is 9.44. The molecule has 0 saturated carbocycles. The van der Waals surface area contributed by atoms with Crippen molar-refractivity contribution in [3.05, 3.63) is 47.5 Å². The lowest BCUT2D eigenvalue weighted by molar-refractivity contribution is 0.0968. The molecular formula is C14H10N2O2. The summed E-state index contributed by atoms with van der Waals surface area (Å²) in [7, 11) is 0. The van der Waals surface area contributed by atoms with Crippen LogP contribution in [0.5, 0.6) is 0 Å². The first-order chi connectivity index (χ1) is 8.59. The van der Waals surface area contributed by atoms with E-state index in [1.54, 1.807) is 12.1 Å². The Morgan fingerprint density at radius 1 is 0.778 bits per heavy atom. The van der Waals surface area contributed by atoms with Crippen LogP contribution in [0, 0.1) is 0 Å². The van der Waals surface area contributed by atoms with Crippen LogP contribution in [0.3, 0.4) is 0 Å². The quantitative estimate of drug-likeness (QED) is 0.710. The van der Waals surface area contributed by atoms with Gasteiger partial charge in [0, 0.05) is 5.39 Å². The number of carbonyl (C=O) groups excluding carboxylic acids is 2. The van der Waals surface area contributed by atoms with Crippen LogP contribution in [0.25, 0.3) is 21.5 Å². The van der Waals surface area contributed by atoms with Crippen molar-refractivity contribution in [3.8, 4) is 0 Å². The van der Waals surface area contributed by atoms with Crippen LogP contribution < -0.4 is 11.5 Å². The van der Waals surface area contributed by atoms with E-state index in [2.05, 4.69) is 0 Å². The fourth-order valence-electron chi connectivity index (χ4n) is 2.42. The smallest absolute Gasteiger partial charge is 0.250 e. The van der Waals surface area contributed by atoms with Crippen molar-refractivity contribution in [2.75, 3.05) is 0 Å². The number of benzene rings is 4. The Labute approximate surface area is 103 Å². The number of primary amides is 2. The summed E-state index contributed by atoms with van der Waals surface area (Å²) in [6.07, 6.45) is 0. The van der Waals surface area contributed by atoms with Crippen LogP contribution in [-0.4, -0.2) is 11.8 Å². The highest BCUT2D eigenvalue weighted by Gasteiger charge is 2.18. The van der Waals surface area contributed by atoms with Crippen LogP contribution in [0.4, 0.5) is 0 Å². The third-order valence-electron chi connectivity index (χ3n) is 3.20. The van der Waals surface area contributed by atoms with Crippen molar-refractivity contribution >= 4 is 33.4 Å². The van der Waals surface area contributed by atoms with Gasteiger partial charge in [0.1, 0.15) is 0 Å². The molecule has 0 fully saturated rings. The van der Waals surface area contributed by atoms with E-state index >= 15 is 0 Å². The average Bonchev–Trinajstić information content (AvgIpc) is 2.38. The summed E-state index contributed by atoms with van der Waals surface area (Å²) >= 11 is 0. The fourth-order valence-corrected chi connectivity index (χ4v) is 2.42. The molecule has 0 unspecified atom stereocenters. The molecule has 0 saturated heterocycles. The Morgan fingerprint density at radius 3 is 1.94 bits per heavy atom. The monoisotopic (exact) mass is 238 g/mol. The second-order valence-electron chi connectivity index (χ2n) is 4.22. The van der Waals surface area contributed by atoms with Gasteiger partial charge in [-0.15, -0.1) is 0 Å². The molecule has 4 nitrogen and oxygen atoms in total. The van der Waals surface area contributed by atoms with Gasteiger partial charge in [0.15, 0.2) is 0 Å². The summed E-state index contributed by atoms with van der Waals surface area (Å²) in [5.74, 6) is -1.28. The van der Waals surface area contributed by atoms with E-state index in [9.17, 15) is 9.59 Å². The molecule has 0 aromatic heterocycles. The molecule has 0 aliphatic heterocycles. The highest BCUT2D eigenvalue weighted by molar-refractivity contribution is 6.22. The van der Waals surface area contributed by atoms with E-state index in [0.29, 0.717) is 5.39 Å². The summed E-state index contributed by atoms with van der Waals surface area (Å²) < 4.78 is 0. The molecule has 4 aromatic carbocycles. The molecule has 0 spiro atoms. The Balaban J connectivity index is 2.58. The lowest BCUT2D eigenvalue weighted by Crippen LogP contribution is -2.21. The van der Waals surface area contributed by atoms with E-state index in [4.69, 9.17) is 11.5 Å². The summed E-state index contributed by atoms with van der Waals surface area (Å²) in [5.41, 5.74) is 11.1. The number of hydrogen-bond donors (Lipinski definition) is 2. The summed E-state index contributed by atoms with van der Waals surface area (Å²) in [5, 5.41) is 3.49. The van der Waals surface area contributed by atoms with Crippen molar-refractivity contribution in [2.45, 2.75) is 0 Å². The first-order valence-electron chi connectivity index (χ1n) is 5.47. The lowest BCUT2D eigenvalue weighted by atomic mass is 9.92. The van der Waals surface area contributed by atoms with Gasteiger partial charge in [-0.1, -0.05) is 30.3 Å². The van der Waals surface area contributed by atoms with Gasteiger partial charge in [-0.05, 0) is 22.2 Å². The molecule has 88 valence electrons. The minimum atomic E-state index is -0.647. The molecule has 0 radical (unpaired) electrons. The maximum absolute atomic E-state index is 11.6. The Morgan fingerprint density at radius 2 is 1.39 bits per heavy atom. The van der Waals surface area contributed by atoms with Crippen LogP contribution in [0.2, 0.25) is 0 Å². The minimum Gasteiger partial charge on any atom is -0.366 e. The van der Waals surface area contributed by atoms with Crippen molar-refractivity contribution in [1.82, 2.24) is 0 Å². The van der Waals surface area contributed by atoms with Gasteiger partial charge in [-0.3, -0.25) is 9.59 Å².